The molecule has 5 nitrogen and oxygen atoms in total. The minimum atomic E-state index is -0.299. The number of nitrogens with zero attached hydrogens (tertiary/aromatic N) is 2. The first-order valence-electron chi connectivity index (χ1n) is 5.76. The van der Waals surface area contributed by atoms with Crippen LogP contribution < -0.4 is 11.3 Å². The summed E-state index contributed by atoms with van der Waals surface area (Å²) in [6.07, 6.45) is 0.460. The summed E-state index contributed by atoms with van der Waals surface area (Å²) in [6.45, 7) is 2.58. The molecule has 0 aliphatic rings. The van der Waals surface area contributed by atoms with E-state index in [4.69, 9.17) is 11.1 Å². The molecule has 1 unspecified atom stereocenters. The lowest BCUT2D eigenvalue weighted by Crippen LogP contribution is -2.33. The third kappa shape index (κ3) is 3.55. The van der Waals surface area contributed by atoms with Gasteiger partial charge in [-0.2, -0.15) is 5.26 Å². The number of carbonyl (C=O) groups is 1. The lowest BCUT2D eigenvalue weighted by atomic mass is 10.1. The van der Waals surface area contributed by atoms with E-state index >= 15 is 0 Å². The van der Waals surface area contributed by atoms with Gasteiger partial charge in [0.25, 0.3) is 5.91 Å². The molecule has 0 saturated carbocycles. The second-order valence-electron chi connectivity index (χ2n) is 4.26. The first kappa shape index (κ1) is 14.2. The zero-order chi connectivity index (χ0) is 13.5. The molecule has 5 heteroatoms. The standard InChI is InChI=1S/C13H18N4O/c1-10(7-8-14)17(2)9-11-5-3-4-6-12(11)13(18)16-15/h3-6,10H,7,9,15H2,1-2H3,(H,16,18). The Labute approximate surface area is 107 Å². The van der Waals surface area contributed by atoms with E-state index < -0.39 is 0 Å². The highest BCUT2D eigenvalue weighted by atomic mass is 16.2. The molecule has 0 saturated heterocycles. The lowest BCUT2D eigenvalue weighted by Gasteiger charge is -2.23. The van der Waals surface area contributed by atoms with Crippen LogP contribution in [0, 0.1) is 11.3 Å². The average molecular weight is 246 g/mol. The molecule has 3 N–H and O–H groups in total. The van der Waals surface area contributed by atoms with Crippen LogP contribution >= 0.6 is 0 Å². The SMILES string of the molecule is CC(CC#N)N(C)Cc1ccccc1C(=O)NN. The van der Waals surface area contributed by atoms with Gasteiger partial charge in [-0.05, 0) is 25.6 Å². The van der Waals surface area contributed by atoms with Crippen LogP contribution in [0.1, 0.15) is 29.3 Å². The van der Waals surface area contributed by atoms with Gasteiger partial charge in [-0.3, -0.25) is 15.1 Å². The van der Waals surface area contributed by atoms with Crippen molar-refractivity contribution in [3.63, 3.8) is 0 Å². The fourth-order valence-corrected chi connectivity index (χ4v) is 1.67. The van der Waals surface area contributed by atoms with E-state index in [2.05, 4.69) is 11.5 Å². The predicted octanol–water partition coefficient (Wildman–Crippen LogP) is 1.02. The number of nitrogens with two attached hydrogens (primary N) is 1. The van der Waals surface area contributed by atoms with Crippen molar-refractivity contribution in [2.24, 2.45) is 5.84 Å². The molecule has 1 amide bonds. The summed E-state index contributed by atoms with van der Waals surface area (Å²) in [5.74, 6) is 4.86. The molecule has 0 aromatic heterocycles. The maximum absolute atomic E-state index is 11.6. The molecule has 0 bridgehead atoms. The summed E-state index contributed by atoms with van der Waals surface area (Å²) in [6, 6.07) is 9.59. The zero-order valence-corrected chi connectivity index (χ0v) is 10.7. The van der Waals surface area contributed by atoms with Gasteiger partial charge in [0.05, 0.1) is 12.5 Å². The van der Waals surface area contributed by atoms with Crippen molar-refractivity contribution in [3.05, 3.63) is 35.4 Å². The topological polar surface area (TPSA) is 82.2 Å². The fraction of sp³-hybridized carbons (Fsp3) is 0.385. The third-order valence-corrected chi connectivity index (χ3v) is 2.95. The number of nitrogen functional groups attached to an aromatic ring is 1. The Morgan fingerprint density at radius 2 is 2.22 bits per heavy atom. The van der Waals surface area contributed by atoms with Crippen molar-refractivity contribution in [1.29, 1.82) is 5.26 Å². The van der Waals surface area contributed by atoms with Crippen LogP contribution in [0.5, 0.6) is 0 Å². The number of hydrazine groups is 1. The van der Waals surface area contributed by atoms with Gasteiger partial charge in [0, 0.05) is 18.2 Å². The van der Waals surface area contributed by atoms with Gasteiger partial charge in [-0.25, -0.2) is 5.84 Å². The second-order valence-corrected chi connectivity index (χ2v) is 4.26. The van der Waals surface area contributed by atoms with Crippen molar-refractivity contribution in [3.8, 4) is 6.07 Å². The Kier molecular flexibility index (Phi) is 5.31. The maximum atomic E-state index is 11.6. The van der Waals surface area contributed by atoms with E-state index in [1.54, 1.807) is 12.1 Å². The van der Waals surface area contributed by atoms with E-state index in [0.29, 0.717) is 18.5 Å². The maximum Gasteiger partial charge on any atom is 0.265 e. The molecule has 0 aliphatic carbocycles. The van der Waals surface area contributed by atoms with E-state index in [9.17, 15) is 4.79 Å². The number of rotatable bonds is 5. The summed E-state index contributed by atoms with van der Waals surface area (Å²) < 4.78 is 0. The number of carbonyl (C=O) groups excluding carboxylic acids is 1. The molecular weight excluding hydrogens is 228 g/mol. The number of amides is 1. The highest BCUT2D eigenvalue weighted by Gasteiger charge is 2.14. The van der Waals surface area contributed by atoms with Gasteiger partial charge in [-0.1, -0.05) is 18.2 Å². The summed E-state index contributed by atoms with van der Waals surface area (Å²) in [4.78, 5) is 13.6. The molecule has 1 aromatic rings. The summed E-state index contributed by atoms with van der Waals surface area (Å²) in [7, 11) is 1.93. The van der Waals surface area contributed by atoms with Gasteiger partial charge < -0.3 is 0 Å². The highest BCUT2D eigenvalue weighted by molar-refractivity contribution is 5.95. The van der Waals surface area contributed by atoms with Crippen LogP contribution in [0.25, 0.3) is 0 Å². The van der Waals surface area contributed by atoms with E-state index in [1.807, 2.05) is 31.0 Å². The average Bonchev–Trinajstić information content (AvgIpc) is 2.38. The van der Waals surface area contributed by atoms with E-state index in [0.717, 1.165) is 5.56 Å². The van der Waals surface area contributed by atoms with Crippen LogP contribution in [0.3, 0.4) is 0 Å². The van der Waals surface area contributed by atoms with Gasteiger partial charge in [0.1, 0.15) is 0 Å². The molecule has 0 heterocycles. The minimum Gasteiger partial charge on any atom is -0.298 e. The van der Waals surface area contributed by atoms with Crippen LogP contribution in [0.2, 0.25) is 0 Å². The van der Waals surface area contributed by atoms with Crippen molar-refractivity contribution >= 4 is 5.91 Å². The zero-order valence-electron chi connectivity index (χ0n) is 10.7. The third-order valence-electron chi connectivity index (χ3n) is 2.95. The van der Waals surface area contributed by atoms with Crippen LogP contribution in [-0.4, -0.2) is 23.9 Å². The van der Waals surface area contributed by atoms with Crippen molar-refractivity contribution in [2.75, 3.05) is 7.05 Å². The number of hydrogen-bond donors (Lipinski definition) is 2. The van der Waals surface area contributed by atoms with Crippen molar-refractivity contribution < 1.29 is 4.79 Å². The van der Waals surface area contributed by atoms with E-state index in [-0.39, 0.29) is 11.9 Å². The Morgan fingerprint density at radius 1 is 1.56 bits per heavy atom. The van der Waals surface area contributed by atoms with Gasteiger partial charge in [-0.15, -0.1) is 0 Å². The molecule has 1 aromatic carbocycles. The molecule has 0 aliphatic heterocycles. The Bertz CT molecular complexity index is 453. The summed E-state index contributed by atoms with van der Waals surface area (Å²) >= 11 is 0. The number of nitriles is 1. The Balaban J connectivity index is 2.84. The second kappa shape index (κ2) is 6.74. The lowest BCUT2D eigenvalue weighted by molar-refractivity contribution is 0.0951. The van der Waals surface area contributed by atoms with Crippen molar-refractivity contribution in [1.82, 2.24) is 10.3 Å². The molecule has 0 fully saturated rings. The molecule has 18 heavy (non-hydrogen) atoms. The van der Waals surface area contributed by atoms with Crippen LogP contribution in [0.15, 0.2) is 24.3 Å². The number of benzene rings is 1. The molecule has 1 atom stereocenters. The predicted molar refractivity (Wildman–Crippen MR) is 69.3 cm³/mol. The molecule has 0 spiro atoms. The normalized spacial score (nSPS) is 11.9. The Hall–Kier alpha value is -1.90. The molecule has 1 rings (SSSR count). The minimum absolute atomic E-state index is 0.143. The van der Waals surface area contributed by atoms with Gasteiger partial charge in [0.2, 0.25) is 0 Å². The molecule has 0 radical (unpaired) electrons. The first-order chi connectivity index (χ1) is 8.60. The monoisotopic (exact) mass is 246 g/mol. The van der Waals surface area contributed by atoms with Gasteiger partial charge in [0.15, 0.2) is 0 Å². The van der Waals surface area contributed by atoms with Crippen molar-refractivity contribution in [2.45, 2.75) is 25.9 Å². The summed E-state index contributed by atoms with van der Waals surface area (Å²) in [5.41, 5.74) is 3.60. The smallest absolute Gasteiger partial charge is 0.265 e. The number of hydrogen-bond acceptors (Lipinski definition) is 4. The molecular formula is C13H18N4O. The number of nitrogens with one attached hydrogen (secondary N) is 1. The van der Waals surface area contributed by atoms with Crippen LogP contribution in [-0.2, 0) is 6.54 Å². The quantitative estimate of drug-likeness (QED) is 0.462. The van der Waals surface area contributed by atoms with E-state index in [1.165, 1.54) is 0 Å². The summed E-state index contributed by atoms with van der Waals surface area (Å²) in [5, 5.41) is 8.68. The highest BCUT2D eigenvalue weighted by Crippen LogP contribution is 2.13. The fourth-order valence-electron chi connectivity index (χ4n) is 1.67. The van der Waals surface area contributed by atoms with Crippen LogP contribution in [0.4, 0.5) is 0 Å². The largest absolute Gasteiger partial charge is 0.298 e. The Morgan fingerprint density at radius 3 is 2.83 bits per heavy atom. The molecule has 96 valence electrons. The van der Waals surface area contributed by atoms with Gasteiger partial charge >= 0.3 is 0 Å². The first-order valence-corrected chi connectivity index (χ1v) is 5.76.